The topological polar surface area (TPSA) is 61.5 Å². The summed E-state index contributed by atoms with van der Waals surface area (Å²) in [5, 5.41) is 0. The first-order chi connectivity index (χ1) is 15.2. The number of likely N-dealkylation sites (N-methyl/N-ethyl adjacent to an activating group) is 1. The fourth-order valence-corrected chi connectivity index (χ4v) is 4.04. The summed E-state index contributed by atoms with van der Waals surface area (Å²) in [6, 6.07) is 6.46. The van der Waals surface area contributed by atoms with E-state index in [1.165, 1.54) is 12.1 Å². The molecule has 1 aromatic heterocycles. The van der Waals surface area contributed by atoms with Crippen LogP contribution in [-0.2, 0) is 4.74 Å². The number of halogens is 1. The zero-order valence-electron chi connectivity index (χ0n) is 19.2. The van der Waals surface area contributed by atoms with Crippen molar-refractivity contribution in [3.8, 4) is 11.3 Å². The van der Waals surface area contributed by atoms with Crippen molar-refractivity contribution in [2.24, 2.45) is 0 Å². The van der Waals surface area contributed by atoms with Crippen LogP contribution in [0.3, 0.4) is 0 Å². The number of nitrogens with one attached hydrogen (secondary N) is 1. The van der Waals surface area contributed by atoms with E-state index >= 15 is 0 Å². The van der Waals surface area contributed by atoms with Crippen molar-refractivity contribution < 1.29 is 13.9 Å². The maximum atomic E-state index is 13.5. The predicted molar refractivity (Wildman–Crippen MR) is 124 cm³/mol. The first-order valence-electron chi connectivity index (χ1n) is 11.1. The third-order valence-electron chi connectivity index (χ3n) is 5.77. The van der Waals surface area contributed by atoms with Crippen LogP contribution < -0.4 is 0 Å². The number of likely N-dealkylation sites (tertiary alicyclic amines) is 1. The van der Waals surface area contributed by atoms with Crippen molar-refractivity contribution in [2.75, 3.05) is 26.7 Å². The molecule has 1 fully saturated rings. The highest BCUT2D eigenvalue weighted by molar-refractivity contribution is 5.82. The molecule has 7 heteroatoms. The van der Waals surface area contributed by atoms with Crippen LogP contribution in [0.1, 0.15) is 51.0 Å². The Bertz CT molecular complexity index is 1030. The number of allylic oxidation sites excluding steroid dienone is 2. The average molecular weight is 439 g/mol. The molecule has 2 aromatic rings. The Kier molecular flexibility index (Phi) is 6.09. The molecule has 0 atom stereocenters. The number of amides is 1. The molecule has 6 nitrogen and oxygen atoms in total. The van der Waals surface area contributed by atoms with Crippen molar-refractivity contribution in [1.29, 1.82) is 0 Å². The lowest BCUT2D eigenvalue weighted by Gasteiger charge is -2.32. The largest absolute Gasteiger partial charge is 0.444 e. The second-order valence-corrected chi connectivity index (χ2v) is 9.51. The van der Waals surface area contributed by atoms with Gasteiger partial charge in [-0.3, -0.25) is 0 Å². The van der Waals surface area contributed by atoms with Gasteiger partial charge < -0.3 is 19.5 Å². The number of benzene rings is 1. The molecule has 1 amide bonds. The lowest BCUT2D eigenvalue weighted by molar-refractivity contribution is 0.0203. The quantitative estimate of drug-likeness (QED) is 0.718. The van der Waals surface area contributed by atoms with E-state index in [4.69, 9.17) is 9.72 Å². The Morgan fingerprint density at radius 1 is 1.19 bits per heavy atom. The van der Waals surface area contributed by atoms with Gasteiger partial charge in [0.15, 0.2) is 0 Å². The van der Waals surface area contributed by atoms with Crippen LogP contribution in [0.15, 0.2) is 42.6 Å². The molecule has 0 unspecified atom stereocenters. The van der Waals surface area contributed by atoms with E-state index in [9.17, 15) is 9.18 Å². The number of hydrogen-bond donors (Lipinski definition) is 1. The van der Waals surface area contributed by atoms with E-state index in [1.54, 1.807) is 17.0 Å². The van der Waals surface area contributed by atoms with Crippen LogP contribution in [0.2, 0.25) is 0 Å². The highest BCUT2D eigenvalue weighted by atomic mass is 19.1. The number of carbonyl (C=O) groups excluding carboxylic acids is 1. The molecule has 32 heavy (non-hydrogen) atoms. The minimum atomic E-state index is -0.497. The van der Waals surface area contributed by atoms with Crippen molar-refractivity contribution >= 4 is 11.7 Å². The number of ether oxygens (including phenoxy) is 1. The number of imidazole rings is 1. The fourth-order valence-electron chi connectivity index (χ4n) is 4.04. The molecule has 3 heterocycles. The minimum absolute atomic E-state index is 0.220. The third kappa shape index (κ3) is 5.03. The van der Waals surface area contributed by atoms with Crippen LogP contribution >= 0.6 is 0 Å². The monoisotopic (exact) mass is 438 g/mol. The Hall–Kier alpha value is -3.09. The van der Waals surface area contributed by atoms with Gasteiger partial charge in [0.05, 0.1) is 11.4 Å². The zero-order valence-corrected chi connectivity index (χ0v) is 19.2. The Balaban J connectivity index is 1.56. The molecule has 170 valence electrons. The predicted octanol–water partition coefficient (Wildman–Crippen LogP) is 5.17. The number of H-pyrrole nitrogens is 1. The summed E-state index contributed by atoms with van der Waals surface area (Å²) < 4.78 is 19.0. The van der Waals surface area contributed by atoms with Gasteiger partial charge in [-0.1, -0.05) is 6.08 Å². The Morgan fingerprint density at radius 3 is 2.47 bits per heavy atom. The first kappa shape index (κ1) is 22.1. The molecule has 0 bridgehead atoms. The molecular formula is C25H31FN4O2. The van der Waals surface area contributed by atoms with E-state index < -0.39 is 5.60 Å². The fraction of sp³-hybridized carbons (Fsp3) is 0.440. The molecule has 1 aromatic carbocycles. The second kappa shape index (κ2) is 8.81. The number of piperidine rings is 1. The lowest BCUT2D eigenvalue weighted by atomic mass is 9.96. The highest BCUT2D eigenvalue weighted by Crippen LogP contribution is 2.34. The number of hydrogen-bond acceptors (Lipinski definition) is 4. The van der Waals surface area contributed by atoms with Crippen LogP contribution in [0.4, 0.5) is 9.18 Å². The number of carbonyl (C=O) groups is 1. The zero-order chi connectivity index (χ0) is 22.9. The molecule has 1 N–H and O–H groups in total. The van der Waals surface area contributed by atoms with E-state index in [2.05, 4.69) is 22.0 Å². The van der Waals surface area contributed by atoms with Crippen LogP contribution in [0, 0.1) is 5.82 Å². The number of aromatic amines is 1. The summed E-state index contributed by atoms with van der Waals surface area (Å²) in [7, 11) is 2.03. The second-order valence-electron chi connectivity index (χ2n) is 9.51. The van der Waals surface area contributed by atoms with Gasteiger partial charge in [0.1, 0.15) is 17.2 Å². The van der Waals surface area contributed by atoms with Gasteiger partial charge in [0.25, 0.3) is 0 Å². The van der Waals surface area contributed by atoms with E-state index in [0.717, 1.165) is 47.7 Å². The molecule has 1 saturated heterocycles. The summed E-state index contributed by atoms with van der Waals surface area (Å²) in [5.74, 6) is 0.868. The van der Waals surface area contributed by atoms with Gasteiger partial charge in [-0.25, -0.2) is 14.2 Å². The smallest absolute Gasteiger partial charge is 0.410 e. The molecule has 0 saturated carbocycles. The van der Waals surface area contributed by atoms with Gasteiger partial charge in [0, 0.05) is 38.2 Å². The maximum absolute atomic E-state index is 13.5. The van der Waals surface area contributed by atoms with Crippen molar-refractivity contribution in [2.45, 2.75) is 45.1 Å². The summed E-state index contributed by atoms with van der Waals surface area (Å²) in [5.41, 5.74) is 3.24. The van der Waals surface area contributed by atoms with Crippen LogP contribution in [0.5, 0.6) is 0 Å². The summed E-state index contributed by atoms with van der Waals surface area (Å²) in [4.78, 5) is 24.8. The molecule has 0 spiro atoms. The van der Waals surface area contributed by atoms with Crippen molar-refractivity contribution in [1.82, 2.24) is 19.8 Å². The Morgan fingerprint density at radius 2 is 1.88 bits per heavy atom. The number of rotatable bonds is 3. The van der Waals surface area contributed by atoms with Crippen molar-refractivity contribution in [3.05, 3.63) is 60.0 Å². The molecule has 0 radical (unpaired) electrons. The van der Waals surface area contributed by atoms with Gasteiger partial charge in [-0.05, 0) is 75.7 Å². The highest BCUT2D eigenvalue weighted by Gasteiger charge is 2.29. The summed E-state index contributed by atoms with van der Waals surface area (Å²) >= 11 is 0. The SMILES string of the molecule is CN1C=CC(c2[nH]c(C3CCN(C(=O)OC(C)(C)C)CC3)nc2-c2ccc(F)cc2)=CC1. The number of aromatic nitrogens is 2. The molecular weight excluding hydrogens is 407 g/mol. The molecule has 0 aliphatic carbocycles. The van der Waals surface area contributed by atoms with E-state index in [1.807, 2.05) is 34.0 Å². The van der Waals surface area contributed by atoms with Gasteiger partial charge in [0.2, 0.25) is 0 Å². The first-order valence-corrected chi connectivity index (χ1v) is 11.1. The maximum Gasteiger partial charge on any atom is 0.410 e. The van der Waals surface area contributed by atoms with Gasteiger partial charge >= 0.3 is 6.09 Å². The van der Waals surface area contributed by atoms with E-state index in [0.29, 0.717) is 13.1 Å². The Labute approximate surface area is 188 Å². The standard InChI is InChI=1S/C25H31FN4O2/c1-25(2,3)32-24(31)30-15-11-19(12-16-30)23-27-21(17-5-7-20(26)8-6-17)22(28-23)18-9-13-29(4)14-10-18/h5-10,13,19H,11-12,14-16H2,1-4H3,(H,27,28). The molecule has 2 aliphatic rings. The lowest BCUT2D eigenvalue weighted by Crippen LogP contribution is -2.41. The van der Waals surface area contributed by atoms with Crippen LogP contribution in [0.25, 0.3) is 16.8 Å². The normalized spacial score (nSPS) is 17.5. The minimum Gasteiger partial charge on any atom is -0.444 e. The molecule has 4 rings (SSSR count). The molecule has 2 aliphatic heterocycles. The van der Waals surface area contributed by atoms with Crippen LogP contribution in [-0.4, -0.2) is 58.1 Å². The van der Waals surface area contributed by atoms with E-state index in [-0.39, 0.29) is 17.8 Å². The third-order valence-corrected chi connectivity index (χ3v) is 5.77. The van der Waals surface area contributed by atoms with Gasteiger partial charge in [-0.15, -0.1) is 0 Å². The summed E-state index contributed by atoms with van der Waals surface area (Å²) in [6.07, 6.45) is 7.64. The number of nitrogens with zero attached hydrogens (tertiary/aromatic N) is 3. The van der Waals surface area contributed by atoms with Crippen molar-refractivity contribution in [3.63, 3.8) is 0 Å². The van der Waals surface area contributed by atoms with Gasteiger partial charge in [-0.2, -0.15) is 0 Å². The average Bonchev–Trinajstić information content (AvgIpc) is 3.19. The summed E-state index contributed by atoms with van der Waals surface area (Å²) in [6.45, 7) is 7.72.